The smallest absolute Gasteiger partial charge is 0.165 e. The third-order valence-electron chi connectivity index (χ3n) is 9.83. The normalized spacial score (nSPS) is 11.5. The van der Waals surface area contributed by atoms with Crippen LogP contribution in [0.15, 0.2) is 176 Å². The average Bonchev–Trinajstić information content (AvgIpc) is 3.22. The number of aromatic nitrogens is 5. The molecular weight excluding hydrogens is 635 g/mol. The fourth-order valence-corrected chi connectivity index (χ4v) is 7.14. The molecule has 0 fully saturated rings. The molecule has 5 nitrogen and oxygen atoms in total. The molecule has 0 saturated heterocycles. The second-order valence-corrected chi connectivity index (χ2v) is 13.0. The number of rotatable bonds is 5. The molecular formula is C47H29N5. The van der Waals surface area contributed by atoms with Crippen LogP contribution in [-0.4, -0.2) is 24.9 Å². The Bertz CT molecular complexity index is 2760. The van der Waals surface area contributed by atoms with Crippen molar-refractivity contribution in [3.63, 3.8) is 0 Å². The number of fused-ring (bicyclic) bond motifs is 4. The maximum absolute atomic E-state index is 5.20. The molecule has 10 aromatic rings. The Morgan fingerprint density at radius 3 is 1.54 bits per heavy atom. The van der Waals surface area contributed by atoms with Crippen molar-refractivity contribution in [2.75, 3.05) is 0 Å². The van der Waals surface area contributed by atoms with Crippen LogP contribution in [0.5, 0.6) is 0 Å². The molecule has 5 heteroatoms. The van der Waals surface area contributed by atoms with Crippen LogP contribution in [0.25, 0.3) is 99.6 Å². The topological polar surface area (TPSA) is 64.5 Å². The second-order valence-electron chi connectivity index (χ2n) is 13.0. The van der Waals surface area contributed by atoms with Crippen molar-refractivity contribution < 1.29 is 0 Å². The van der Waals surface area contributed by atoms with Crippen molar-refractivity contribution in [2.24, 2.45) is 0 Å². The number of benzene rings is 7. The first-order valence-electron chi connectivity index (χ1n) is 17.3. The SMILES string of the molecule is c1cnc2ccc(-c3ccc(-c4nc(-c5ccc(-c6ccc7cnccc7c6)cc5)nc(-c5c6ccccc6cc6ccccc56)n4)cc3)cc2c1. The van der Waals surface area contributed by atoms with E-state index < -0.39 is 0 Å². The van der Waals surface area contributed by atoms with Gasteiger partial charge in [0.2, 0.25) is 0 Å². The van der Waals surface area contributed by atoms with Crippen molar-refractivity contribution in [3.8, 4) is 56.4 Å². The van der Waals surface area contributed by atoms with E-state index in [1.54, 1.807) is 0 Å². The van der Waals surface area contributed by atoms with Crippen molar-refractivity contribution in [1.82, 2.24) is 24.9 Å². The summed E-state index contributed by atoms with van der Waals surface area (Å²) in [6.45, 7) is 0. The molecule has 10 rings (SSSR count). The molecule has 0 saturated carbocycles. The first kappa shape index (κ1) is 29.8. The van der Waals surface area contributed by atoms with Crippen LogP contribution in [-0.2, 0) is 0 Å². The standard InChI is InChI=1S/C47H29N5/c1-3-9-41-37(6-1)28-38-7-2-4-10-42(38)44(41)47-51-45(32-15-11-30(12-16-32)34-19-20-40-29-48-25-23-36(40)26-34)50-46(52-47)33-17-13-31(14-18-33)35-21-22-43-39(27-35)8-5-24-49-43/h1-29H. The van der Waals surface area contributed by atoms with Gasteiger partial charge in [0, 0.05) is 46.1 Å². The van der Waals surface area contributed by atoms with Crippen molar-refractivity contribution in [3.05, 3.63) is 176 Å². The van der Waals surface area contributed by atoms with Crippen LogP contribution in [0, 0.1) is 0 Å². The third kappa shape index (κ3) is 5.32. The zero-order valence-corrected chi connectivity index (χ0v) is 28.0. The fraction of sp³-hybridized carbons (Fsp3) is 0. The lowest BCUT2D eigenvalue weighted by atomic mass is 9.96. The van der Waals surface area contributed by atoms with Gasteiger partial charge < -0.3 is 0 Å². The van der Waals surface area contributed by atoms with Gasteiger partial charge >= 0.3 is 0 Å². The van der Waals surface area contributed by atoms with Gasteiger partial charge in [0.15, 0.2) is 17.5 Å². The van der Waals surface area contributed by atoms with Crippen LogP contribution in [0.2, 0.25) is 0 Å². The summed E-state index contributed by atoms with van der Waals surface area (Å²) in [5.41, 5.74) is 8.34. The molecule has 0 aliphatic heterocycles. The van der Waals surface area contributed by atoms with Gasteiger partial charge in [-0.2, -0.15) is 0 Å². The number of nitrogens with zero attached hydrogens (tertiary/aromatic N) is 5. The molecule has 0 atom stereocenters. The lowest BCUT2D eigenvalue weighted by Crippen LogP contribution is -2.01. The zero-order valence-electron chi connectivity index (χ0n) is 28.0. The van der Waals surface area contributed by atoms with Gasteiger partial charge in [-0.1, -0.05) is 121 Å². The highest BCUT2D eigenvalue weighted by atomic mass is 15.0. The molecule has 0 unspecified atom stereocenters. The van der Waals surface area contributed by atoms with Crippen LogP contribution in [0.4, 0.5) is 0 Å². The van der Waals surface area contributed by atoms with E-state index in [4.69, 9.17) is 15.0 Å². The molecule has 242 valence electrons. The summed E-state index contributed by atoms with van der Waals surface area (Å²) in [7, 11) is 0. The summed E-state index contributed by atoms with van der Waals surface area (Å²) in [5, 5.41) is 7.89. The average molecular weight is 664 g/mol. The Kier molecular flexibility index (Phi) is 7.07. The van der Waals surface area contributed by atoms with E-state index in [-0.39, 0.29) is 0 Å². The Labute approximate surface area is 300 Å². The summed E-state index contributed by atoms with van der Waals surface area (Å²) in [6.07, 6.45) is 5.55. The predicted molar refractivity (Wildman–Crippen MR) is 213 cm³/mol. The van der Waals surface area contributed by atoms with Crippen LogP contribution >= 0.6 is 0 Å². The van der Waals surface area contributed by atoms with Gasteiger partial charge in [0.05, 0.1) is 5.52 Å². The van der Waals surface area contributed by atoms with Gasteiger partial charge in [-0.3, -0.25) is 9.97 Å². The zero-order chi connectivity index (χ0) is 34.4. The molecule has 52 heavy (non-hydrogen) atoms. The minimum absolute atomic E-state index is 0.624. The Morgan fingerprint density at radius 1 is 0.327 bits per heavy atom. The van der Waals surface area contributed by atoms with E-state index in [2.05, 4.69) is 156 Å². The maximum atomic E-state index is 5.20. The van der Waals surface area contributed by atoms with Gasteiger partial charge in [0.1, 0.15) is 0 Å². The second kappa shape index (κ2) is 12.3. The minimum atomic E-state index is 0.624. The van der Waals surface area contributed by atoms with Gasteiger partial charge in [-0.05, 0) is 85.6 Å². The fourth-order valence-electron chi connectivity index (χ4n) is 7.14. The highest BCUT2D eigenvalue weighted by Gasteiger charge is 2.17. The quantitative estimate of drug-likeness (QED) is 0.171. The number of hydrogen-bond acceptors (Lipinski definition) is 5. The highest BCUT2D eigenvalue weighted by Crippen LogP contribution is 2.37. The van der Waals surface area contributed by atoms with E-state index in [9.17, 15) is 0 Å². The first-order valence-corrected chi connectivity index (χ1v) is 17.3. The molecule has 3 aromatic heterocycles. The molecule has 0 amide bonds. The van der Waals surface area contributed by atoms with E-state index in [0.717, 1.165) is 82.2 Å². The summed E-state index contributed by atoms with van der Waals surface area (Å²) >= 11 is 0. The maximum Gasteiger partial charge on any atom is 0.165 e. The van der Waals surface area contributed by atoms with Gasteiger partial charge in [0.25, 0.3) is 0 Å². The van der Waals surface area contributed by atoms with E-state index in [1.807, 2.05) is 30.7 Å². The molecule has 7 aromatic carbocycles. The minimum Gasteiger partial charge on any atom is -0.264 e. The van der Waals surface area contributed by atoms with Gasteiger partial charge in [-0.15, -0.1) is 0 Å². The van der Waals surface area contributed by atoms with E-state index in [0.29, 0.717) is 17.5 Å². The predicted octanol–water partition coefficient (Wildman–Crippen LogP) is 11.6. The summed E-state index contributed by atoms with van der Waals surface area (Å²) in [6, 6.07) is 55.1. The Morgan fingerprint density at radius 2 is 0.865 bits per heavy atom. The lowest BCUT2D eigenvalue weighted by Gasteiger charge is -2.13. The van der Waals surface area contributed by atoms with E-state index >= 15 is 0 Å². The van der Waals surface area contributed by atoms with Crippen LogP contribution in [0.1, 0.15) is 0 Å². The molecule has 0 aliphatic rings. The third-order valence-corrected chi connectivity index (χ3v) is 9.83. The summed E-state index contributed by atoms with van der Waals surface area (Å²) < 4.78 is 0. The Balaban J connectivity index is 1.11. The summed E-state index contributed by atoms with van der Waals surface area (Å²) in [4.78, 5) is 24.3. The number of hydrogen-bond donors (Lipinski definition) is 0. The van der Waals surface area contributed by atoms with Crippen LogP contribution < -0.4 is 0 Å². The summed E-state index contributed by atoms with van der Waals surface area (Å²) in [5.74, 6) is 1.89. The van der Waals surface area contributed by atoms with Gasteiger partial charge in [-0.25, -0.2) is 15.0 Å². The largest absolute Gasteiger partial charge is 0.264 e. The molecule has 3 heterocycles. The molecule has 0 radical (unpaired) electrons. The van der Waals surface area contributed by atoms with Crippen molar-refractivity contribution in [1.29, 1.82) is 0 Å². The van der Waals surface area contributed by atoms with Crippen LogP contribution in [0.3, 0.4) is 0 Å². The number of pyridine rings is 2. The Hall–Kier alpha value is -7.11. The van der Waals surface area contributed by atoms with Crippen molar-refractivity contribution in [2.45, 2.75) is 0 Å². The van der Waals surface area contributed by atoms with Crippen molar-refractivity contribution >= 4 is 43.2 Å². The molecule has 0 spiro atoms. The first-order chi connectivity index (χ1) is 25.7. The monoisotopic (exact) mass is 663 g/mol. The van der Waals surface area contributed by atoms with E-state index in [1.165, 1.54) is 0 Å². The lowest BCUT2D eigenvalue weighted by molar-refractivity contribution is 1.08. The molecule has 0 bridgehead atoms. The molecule has 0 aliphatic carbocycles. The highest BCUT2D eigenvalue weighted by molar-refractivity contribution is 6.11. The molecule has 0 N–H and O–H groups in total.